The zero-order valence-electron chi connectivity index (χ0n) is 9.79. The smallest absolute Gasteiger partial charge is 0.202 e. The van der Waals surface area contributed by atoms with Gasteiger partial charge in [0.15, 0.2) is 0 Å². The molecule has 0 aromatic heterocycles. The summed E-state index contributed by atoms with van der Waals surface area (Å²) >= 11 is 0. The van der Waals surface area contributed by atoms with E-state index in [1.807, 2.05) is 6.92 Å². The lowest BCUT2D eigenvalue weighted by Gasteiger charge is -2.19. The zero-order chi connectivity index (χ0) is 11.4. The molecule has 0 aliphatic carbocycles. The van der Waals surface area contributed by atoms with E-state index in [9.17, 15) is 8.42 Å². The fourth-order valence-corrected chi connectivity index (χ4v) is 2.81. The summed E-state index contributed by atoms with van der Waals surface area (Å²) in [5.41, 5.74) is 0. The highest BCUT2D eigenvalue weighted by Gasteiger charge is 2.17. The Labute approximate surface area is 88.9 Å². The summed E-state index contributed by atoms with van der Waals surface area (Å²) in [5, 5.41) is 0. The Balaban J connectivity index is 4.02. The van der Waals surface area contributed by atoms with E-state index in [1.54, 1.807) is 7.05 Å². The van der Waals surface area contributed by atoms with Crippen LogP contribution in [0.1, 0.15) is 6.92 Å². The van der Waals surface area contributed by atoms with Gasteiger partial charge in [-0.25, -0.2) is 4.72 Å². The van der Waals surface area contributed by atoms with E-state index < -0.39 is 18.3 Å². The molecule has 0 saturated carbocycles. The minimum Gasteiger partial charge on any atom is -0.202 e. The van der Waals surface area contributed by atoms with Crippen LogP contribution < -0.4 is 4.72 Å². The van der Waals surface area contributed by atoms with Crippen LogP contribution in [0.15, 0.2) is 0 Å². The summed E-state index contributed by atoms with van der Waals surface area (Å²) in [7, 11) is -2.79. The summed E-state index contributed by atoms with van der Waals surface area (Å²) < 4.78 is 26.9. The van der Waals surface area contributed by atoms with E-state index >= 15 is 0 Å². The Hall–Kier alpha value is 0.0869. The average Bonchev–Trinajstić information content (AvgIpc) is 2.00. The maximum Gasteiger partial charge on any atom is 0.279 e. The van der Waals surface area contributed by atoms with Gasteiger partial charge >= 0.3 is 0 Å². The predicted molar refractivity (Wildman–Crippen MR) is 63.4 cm³/mol. The van der Waals surface area contributed by atoms with Gasteiger partial charge in [0.1, 0.15) is 0 Å². The normalized spacial score (nSPS) is 13.6. The minimum absolute atomic E-state index is 0.502. The molecule has 0 bridgehead atoms. The van der Waals surface area contributed by atoms with E-state index in [4.69, 9.17) is 0 Å². The van der Waals surface area contributed by atoms with E-state index in [0.717, 1.165) is 6.04 Å². The van der Waals surface area contributed by atoms with E-state index in [2.05, 4.69) is 24.4 Å². The van der Waals surface area contributed by atoms with Crippen LogP contribution in [0.5, 0.6) is 0 Å². The number of nitrogens with one attached hydrogen (secondary N) is 1. The summed E-state index contributed by atoms with van der Waals surface area (Å²) in [6, 6.07) is 0.976. The van der Waals surface area contributed by atoms with Gasteiger partial charge in [-0.2, -0.15) is 12.7 Å². The van der Waals surface area contributed by atoms with Crippen LogP contribution in [0.2, 0.25) is 25.7 Å². The molecule has 0 atom stereocenters. The van der Waals surface area contributed by atoms with Gasteiger partial charge in [-0.1, -0.05) is 26.6 Å². The van der Waals surface area contributed by atoms with Crippen LogP contribution in [0.3, 0.4) is 0 Å². The first kappa shape index (κ1) is 14.1. The first-order chi connectivity index (χ1) is 6.19. The van der Waals surface area contributed by atoms with Gasteiger partial charge in [-0.15, -0.1) is 0 Å². The molecule has 14 heavy (non-hydrogen) atoms. The maximum atomic E-state index is 11.5. The average molecular weight is 238 g/mol. The highest BCUT2D eigenvalue weighted by molar-refractivity contribution is 7.87. The fraction of sp³-hybridized carbons (Fsp3) is 1.00. The third-order valence-corrected chi connectivity index (χ3v) is 5.41. The second-order valence-electron chi connectivity index (χ2n) is 4.62. The molecule has 0 fully saturated rings. The second kappa shape index (κ2) is 5.25. The molecule has 0 aromatic rings. The van der Waals surface area contributed by atoms with Crippen LogP contribution >= 0.6 is 0 Å². The highest BCUT2D eigenvalue weighted by Crippen LogP contribution is 2.06. The van der Waals surface area contributed by atoms with Crippen LogP contribution in [-0.4, -0.2) is 40.9 Å². The van der Waals surface area contributed by atoms with E-state index in [1.165, 1.54) is 4.31 Å². The number of hydrogen-bond donors (Lipinski definition) is 1. The molecule has 0 aromatic carbocycles. The van der Waals surface area contributed by atoms with Crippen molar-refractivity contribution in [3.63, 3.8) is 0 Å². The van der Waals surface area contributed by atoms with Gasteiger partial charge in [0.05, 0.1) is 0 Å². The van der Waals surface area contributed by atoms with Crippen molar-refractivity contribution in [1.82, 2.24) is 9.03 Å². The fourth-order valence-electron chi connectivity index (χ4n) is 0.835. The number of nitrogens with zero attached hydrogens (tertiary/aromatic N) is 1. The van der Waals surface area contributed by atoms with Gasteiger partial charge in [0.2, 0.25) is 0 Å². The van der Waals surface area contributed by atoms with Gasteiger partial charge in [-0.3, -0.25) is 0 Å². The molecule has 4 nitrogen and oxygen atoms in total. The van der Waals surface area contributed by atoms with E-state index in [-0.39, 0.29) is 0 Å². The van der Waals surface area contributed by atoms with Crippen LogP contribution in [-0.2, 0) is 10.2 Å². The monoisotopic (exact) mass is 238 g/mol. The maximum absolute atomic E-state index is 11.5. The molecule has 0 rings (SSSR count). The minimum atomic E-state index is -3.23. The predicted octanol–water partition coefficient (Wildman–Crippen LogP) is 1.11. The summed E-state index contributed by atoms with van der Waals surface area (Å²) in [5.74, 6) is 0. The van der Waals surface area contributed by atoms with Crippen molar-refractivity contribution in [3.8, 4) is 0 Å². The molecule has 0 radical (unpaired) electrons. The quantitative estimate of drug-likeness (QED) is 0.705. The van der Waals surface area contributed by atoms with Crippen LogP contribution in [0.25, 0.3) is 0 Å². The zero-order valence-corrected chi connectivity index (χ0v) is 11.6. The topological polar surface area (TPSA) is 49.4 Å². The van der Waals surface area contributed by atoms with E-state index in [0.29, 0.717) is 13.1 Å². The lowest BCUT2D eigenvalue weighted by Crippen LogP contribution is -2.40. The van der Waals surface area contributed by atoms with Crippen LogP contribution in [0.4, 0.5) is 0 Å². The van der Waals surface area contributed by atoms with Crippen molar-refractivity contribution in [2.24, 2.45) is 0 Å². The number of rotatable bonds is 6. The molecule has 0 aliphatic rings. The Morgan fingerprint density at radius 1 is 1.29 bits per heavy atom. The van der Waals surface area contributed by atoms with Crippen molar-refractivity contribution in [2.45, 2.75) is 32.6 Å². The largest absolute Gasteiger partial charge is 0.279 e. The molecular formula is C8H22N2O2SSi. The Morgan fingerprint density at radius 3 is 2.14 bits per heavy atom. The molecule has 0 aliphatic heterocycles. The molecule has 0 saturated heterocycles. The molecule has 0 amide bonds. The lowest BCUT2D eigenvalue weighted by atomic mass is 10.8. The van der Waals surface area contributed by atoms with Crippen molar-refractivity contribution >= 4 is 18.3 Å². The van der Waals surface area contributed by atoms with Gasteiger partial charge in [0, 0.05) is 28.2 Å². The lowest BCUT2D eigenvalue weighted by molar-refractivity contribution is 0.475. The van der Waals surface area contributed by atoms with Crippen molar-refractivity contribution in [1.29, 1.82) is 0 Å². The molecule has 1 N–H and O–H groups in total. The molecular weight excluding hydrogens is 216 g/mol. The SMILES string of the molecule is CCN(C)S(=O)(=O)NCC[Si](C)(C)C. The Kier molecular flexibility index (Phi) is 5.28. The van der Waals surface area contributed by atoms with Gasteiger partial charge in [0.25, 0.3) is 10.2 Å². The second-order valence-corrected chi connectivity index (χ2v) is 12.1. The third-order valence-electron chi connectivity index (χ3n) is 2.02. The standard InChI is InChI=1S/C8H22N2O2SSi/c1-6-10(2)13(11,12)9-7-8-14(3,4)5/h9H,6-8H2,1-5H3. The highest BCUT2D eigenvalue weighted by atomic mass is 32.2. The first-order valence-corrected chi connectivity index (χ1v) is 10.0. The Morgan fingerprint density at radius 2 is 1.79 bits per heavy atom. The Bertz CT molecular complexity index is 259. The van der Waals surface area contributed by atoms with Crippen LogP contribution in [0, 0.1) is 0 Å². The summed E-state index contributed by atoms with van der Waals surface area (Å²) in [4.78, 5) is 0. The molecule has 86 valence electrons. The first-order valence-electron chi connectivity index (χ1n) is 4.90. The third kappa shape index (κ3) is 5.74. The molecule has 0 unspecified atom stereocenters. The molecule has 0 spiro atoms. The molecule has 0 heterocycles. The number of hydrogen-bond acceptors (Lipinski definition) is 2. The van der Waals surface area contributed by atoms with Crippen molar-refractivity contribution in [2.75, 3.05) is 20.1 Å². The van der Waals surface area contributed by atoms with Crippen molar-refractivity contribution < 1.29 is 8.42 Å². The summed E-state index contributed by atoms with van der Waals surface area (Å²) in [6.07, 6.45) is 0. The van der Waals surface area contributed by atoms with Crippen molar-refractivity contribution in [3.05, 3.63) is 0 Å². The summed E-state index contributed by atoms with van der Waals surface area (Å²) in [6.45, 7) is 9.56. The van der Waals surface area contributed by atoms with Gasteiger partial charge < -0.3 is 0 Å². The molecule has 6 heteroatoms. The van der Waals surface area contributed by atoms with Gasteiger partial charge in [-0.05, 0) is 6.04 Å².